The monoisotopic (exact) mass is 532 g/mol. The average molecular weight is 533 g/mol. The molecule has 2 heterocycles. The lowest BCUT2D eigenvalue weighted by molar-refractivity contribution is 0.350. The standard InChI is InChI=1S/C33H52N4Si/c1-30(2,3)21-34-25-17-13-14-18-26(25)35(22-31(4,5)6)29(34)38-36(23-32(7,8)9)27-19-15-16-20-28(27)37(38)24-33(10,11)12/h13-20H,21-24H2,1-12H3. The third-order valence-corrected chi connectivity index (χ3v) is 9.44. The fraction of sp³-hybridized carbons (Fsp3) is 0.606. The molecular formula is C33H52N4Si. The van der Waals surface area contributed by atoms with Crippen molar-refractivity contribution in [3.63, 3.8) is 0 Å². The number of aromatic nitrogens is 2. The second-order valence-electron chi connectivity index (χ2n) is 16.2. The Hall–Kier alpha value is -2.27. The van der Waals surface area contributed by atoms with E-state index < -0.39 is 8.35 Å². The molecule has 0 spiro atoms. The highest BCUT2D eigenvalue weighted by Crippen LogP contribution is 2.43. The van der Waals surface area contributed by atoms with Crippen molar-refractivity contribution in [2.24, 2.45) is 21.7 Å². The van der Waals surface area contributed by atoms with E-state index in [1.165, 1.54) is 27.8 Å². The van der Waals surface area contributed by atoms with Crippen LogP contribution < -0.4 is 9.80 Å². The highest BCUT2D eigenvalue weighted by Gasteiger charge is 2.38. The number of hydrogen-bond donors (Lipinski definition) is 0. The molecule has 2 aromatic carbocycles. The van der Waals surface area contributed by atoms with Crippen molar-refractivity contribution in [1.29, 1.82) is 0 Å². The number of benzene rings is 2. The van der Waals surface area contributed by atoms with Gasteiger partial charge in [-0.25, -0.2) is 0 Å². The highest BCUT2D eigenvalue weighted by atomic mass is 28.2. The van der Waals surface area contributed by atoms with Crippen LogP contribution in [-0.2, 0) is 13.1 Å². The molecule has 0 amide bonds. The largest absolute Gasteiger partial charge is 0.357 e. The van der Waals surface area contributed by atoms with E-state index in [0.717, 1.165) is 26.2 Å². The first-order valence-corrected chi connectivity index (χ1v) is 15.8. The smallest absolute Gasteiger partial charge is 0.303 e. The topological polar surface area (TPSA) is 16.3 Å². The van der Waals surface area contributed by atoms with Crippen LogP contribution in [-0.4, -0.2) is 29.9 Å². The first-order chi connectivity index (χ1) is 17.3. The molecule has 38 heavy (non-hydrogen) atoms. The Morgan fingerprint density at radius 3 is 1.11 bits per heavy atom. The van der Waals surface area contributed by atoms with Gasteiger partial charge in [-0.2, -0.15) is 0 Å². The Morgan fingerprint density at radius 2 is 0.789 bits per heavy atom. The third-order valence-electron chi connectivity index (χ3n) is 6.68. The van der Waals surface area contributed by atoms with Crippen LogP contribution in [0.4, 0.5) is 11.4 Å². The SMILES string of the molecule is CC(C)(C)CN1C(=[si]2n(CC(C)(C)C)c3ccccc3n2CC(C)(C)C)N(CC(C)(C)C)c2ccccc21. The predicted octanol–water partition coefficient (Wildman–Crippen LogP) is 8.56. The maximum Gasteiger partial charge on any atom is 0.303 e. The van der Waals surface area contributed by atoms with Gasteiger partial charge in [-0.15, -0.1) is 0 Å². The Bertz CT molecular complexity index is 1260. The normalized spacial score (nSPS) is 15.1. The molecule has 4 nitrogen and oxygen atoms in total. The maximum absolute atomic E-state index is 2.80. The molecule has 0 saturated heterocycles. The van der Waals surface area contributed by atoms with E-state index in [1.807, 2.05) is 0 Å². The molecular weight excluding hydrogens is 480 g/mol. The summed E-state index contributed by atoms with van der Waals surface area (Å²) in [7, 11) is -1.36. The van der Waals surface area contributed by atoms with Crippen molar-refractivity contribution >= 4 is 30.8 Å². The van der Waals surface area contributed by atoms with E-state index in [0.29, 0.717) is 0 Å². The van der Waals surface area contributed by atoms with Gasteiger partial charge in [0, 0.05) is 26.2 Å². The summed E-state index contributed by atoms with van der Waals surface area (Å²) in [6.07, 6.45) is 0. The quantitative estimate of drug-likeness (QED) is 0.313. The molecule has 5 heteroatoms. The summed E-state index contributed by atoms with van der Waals surface area (Å²) >= 11 is 0. The molecule has 0 unspecified atom stereocenters. The molecule has 0 bridgehead atoms. The molecule has 1 aromatic heterocycles. The van der Waals surface area contributed by atoms with Gasteiger partial charge in [0.05, 0.1) is 22.4 Å². The average Bonchev–Trinajstić information content (AvgIpc) is 3.16. The van der Waals surface area contributed by atoms with Crippen molar-refractivity contribution in [2.75, 3.05) is 22.9 Å². The summed E-state index contributed by atoms with van der Waals surface area (Å²) in [5, 5.41) is 0. The summed E-state index contributed by atoms with van der Waals surface area (Å²) in [5.74, 6) is 0. The summed E-state index contributed by atoms with van der Waals surface area (Å²) < 4.78 is 5.61. The van der Waals surface area contributed by atoms with Crippen molar-refractivity contribution in [3.05, 3.63) is 53.9 Å². The lowest BCUT2D eigenvalue weighted by atomic mass is 9.96. The van der Waals surface area contributed by atoms with Crippen LogP contribution in [0.3, 0.4) is 0 Å². The summed E-state index contributed by atoms with van der Waals surface area (Å²) in [6.45, 7) is 32.6. The number of fused-ring (bicyclic) bond motifs is 2. The van der Waals surface area contributed by atoms with Gasteiger partial charge in [0.1, 0.15) is 5.42 Å². The van der Waals surface area contributed by atoms with E-state index in [1.54, 1.807) is 0 Å². The zero-order valence-electron chi connectivity index (χ0n) is 26.2. The molecule has 0 radical (unpaired) electrons. The number of anilines is 2. The third kappa shape index (κ3) is 6.30. The van der Waals surface area contributed by atoms with Gasteiger partial charge < -0.3 is 18.2 Å². The summed E-state index contributed by atoms with van der Waals surface area (Å²) in [4.78, 5) is 5.40. The summed E-state index contributed by atoms with van der Waals surface area (Å²) in [5.41, 5.74) is 7.70. The van der Waals surface area contributed by atoms with Crippen molar-refractivity contribution < 1.29 is 0 Å². The van der Waals surface area contributed by atoms with Crippen LogP contribution in [0.25, 0.3) is 11.0 Å². The number of hydrogen-bond acceptors (Lipinski definition) is 2. The number of nitrogens with zero attached hydrogens (tertiary/aromatic N) is 4. The van der Waals surface area contributed by atoms with Crippen molar-refractivity contribution in [1.82, 2.24) is 8.44 Å². The molecule has 1 aliphatic heterocycles. The second kappa shape index (κ2) is 9.73. The minimum absolute atomic E-state index is 0.160. The Balaban J connectivity index is 2.22. The lowest BCUT2D eigenvalue weighted by Crippen LogP contribution is -2.43. The van der Waals surface area contributed by atoms with Crippen LogP contribution in [0.1, 0.15) is 83.1 Å². The molecule has 4 rings (SSSR count). The molecule has 0 saturated carbocycles. The predicted molar refractivity (Wildman–Crippen MR) is 168 cm³/mol. The second-order valence-corrected chi connectivity index (χ2v) is 18.4. The first kappa shape index (κ1) is 28.7. The Labute approximate surface area is 233 Å². The fourth-order valence-electron chi connectivity index (χ4n) is 5.61. The maximum atomic E-state index is 2.80. The lowest BCUT2D eigenvalue weighted by Gasteiger charge is -2.34. The van der Waals surface area contributed by atoms with E-state index in [-0.39, 0.29) is 21.7 Å². The molecule has 0 fully saturated rings. The number of para-hydroxylation sites is 4. The number of rotatable bonds is 4. The molecule has 1 aliphatic rings. The van der Waals surface area contributed by atoms with Gasteiger partial charge in [-0.1, -0.05) is 107 Å². The Kier molecular flexibility index (Phi) is 7.35. The van der Waals surface area contributed by atoms with Crippen molar-refractivity contribution in [3.8, 4) is 0 Å². The Morgan fingerprint density at radius 1 is 0.474 bits per heavy atom. The minimum atomic E-state index is -1.36. The molecule has 3 aromatic rings. The van der Waals surface area contributed by atoms with E-state index in [9.17, 15) is 0 Å². The van der Waals surface area contributed by atoms with Crippen molar-refractivity contribution in [2.45, 2.75) is 96.2 Å². The fourth-order valence-corrected chi connectivity index (χ4v) is 9.35. The van der Waals surface area contributed by atoms with Crippen LogP contribution >= 0.6 is 0 Å². The van der Waals surface area contributed by atoms with Gasteiger partial charge in [-0.05, 0) is 45.9 Å². The van der Waals surface area contributed by atoms with Gasteiger partial charge in [0.15, 0.2) is 0 Å². The van der Waals surface area contributed by atoms with E-state index in [2.05, 4.69) is 150 Å². The van der Waals surface area contributed by atoms with Crippen LogP contribution in [0.5, 0.6) is 0 Å². The minimum Gasteiger partial charge on any atom is -0.357 e. The van der Waals surface area contributed by atoms with E-state index >= 15 is 0 Å². The molecule has 0 atom stereocenters. The zero-order valence-corrected chi connectivity index (χ0v) is 27.2. The molecule has 0 aliphatic carbocycles. The molecule has 0 N–H and O–H groups in total. The zero-order chi connectivity index (χ0) is 28.3. The van der Waals surface area contributed by atoms with Crippen LogP contribution in [0.15, 0.2) is 48.5 Å². The van der Waals surface area contributed by atoms with Crippen LogP contribution in [0, 0.1) is 27.1 Å². The van der Waals surface area contributed by atoms with Gasteiger partial charge in [0.25, 0.3) is 0 Å². The first-order valence-electron chi connectivity index (χ1n) is 14.4. The van der Waals surface area contributed by atoms with E-state index in [4.69, 9.17) is 0 Å². The van der Waals surface area contributed by atoms with Crippen LogP contribution in [0.2, 0.25) is 0 Å². The van der Waals surface area contributed by atoms with Gasteiger partial charge in [0.2, 0.25) is 0 Å². The molecule has 208 valence electrons. The van der Waals surface area contributed by atoms with Gasteiger partial charge in [-0.3, -0.25) is 0 Å². The van der Waals surface area contributed by atoms with Gasteiger partial charge >= 0.3 is 8.35 Å². The highest BCUT2D eigenvalue weighted by molar-refractivity contribution is 6.39. The summed E-state index contributed by atoms with van der Waals surface area (Å²) in [6, 6.07) is 18.3.